The zero-order chi connectivity index (χ0) is 25.4. The number of carbonyl (C=O) groups is 2. The van der Waals surface area contributed by atoms with Crippen molar-refractivity contribution in [2.45, 2.75) is 49.1 Å². The van der Waals surface area contributed by atoms with E-state index in [2.05, 4.69) is 5.32 Å². The smallest absolute Gasteiger partial charge is 0.326 e. The molecule has 1 aliphatic heterocycles. The third-order valence-electron chi connectivity index (χ3n) is 5.68. The molecule has 1 fully saturated rings. The summed E-state index contributed by atoms with van der Waals surface area (Å²) in [6, 6.07) is 8.70. The molecule has 11 heteroatoms. The number of aliphatic carboxylic acids is 1. The normalized spacial score (nSPS) is 17.5. The van der Waals surface area contributed by atoms with E-state index in [0.717, 1.165) is 16.4 Å². The first-order chi connectivity index (χ1) is 16.7. The number of hydrogen-bond donors (Lipinski definition) is 2. The number of benzene rings is 2. The van der Waals surface area contributed by atoms with Crippen molar-refractivity contribution in [3.05, 3.63) is 59.9 Å². The molecule has 1 saturated heterocycles. The van der Waals surface area contributed by atoms with Crippen molar-refractivity contribution < 1.29 is 36.6 Å². The number of piperidine rings is 1. The second-order valence-corrected chi connectivity index (χ2v) is 10.1. The standard InChI is InChI=1S/C24H28F2N2O6S/c25-12-4-14-34-19-10-8-17(9-11-19)15-21(24(30)31)27-23(29)22-7-1-2-13-28(22)35(32,33)20-6-3-5-18(26)16-20/h3,5-6,8-11,16,21-22H,1-2,4,7,12-15H2,(H,27,29)(H,30,31)/t21-,22?/m0/s1. The number of nitrogens with one attached hydrogen (secondary N) is 1. The molecule has 8 nitrogen and oxygen atoms in total. The molecule has 2 atom stereocenters. The molecule has 0 saturated carbocycles. The van der Waals surface area contributed by atoms with Crippen LogP contribution in [0.3, 0.4) is 0 Å². The number of carbonyl (C=O) groups excluding carboxylic acids is 1. The van der Waals surface area contributed by atoms with Gasteiger partial charge in [-0.3, -0.25) is 9.18 Å². The van der Waals surface area contributed by atoms with E-state index in [9.17, 15) is 31.9 Å². The number of carboxylic acid groups (broad SMARTS) is 1. The van der Waals surface area contributed by atoms with E-state index < -0.39 is 46.5 Å². The molecule has 35 heavy (non-hydrogen) atoms. The predicted molar refractivity (Wildman–Crippen MR) is 124 cm³/mol. The lowest BCUT2D eigenvalue weighted by molar-refractivity contribution is -0.142. The number of halogens is 2. The maximum absolute atomic E-state index is 13.6. The number of ether oxygens (including phenoxy) is 1. The fraction of sp³-hybridized carbons (Fsp3) is 0.417. The Morgan fingerprint density at radius 3 is 2.57 bits per heavy atom. The van der Waals surface area contributed by atoms with Crippen LogP contribution in [0.2, 0.25) is 0 Å². The van der Waals surface area contributed by atoms with Gasteiger partial charge in [-0.15, -0.1) is 0 Å². The van der Waals surface area contributed by atoms with Gasteiger partial charge in [-0.25, -0.2) is 17.6 Å². The Morgan fingerprint density at radius 1 is 1.17 bits per heavy atom. The number of nitrogens with zero attached hydrogens (tertiary/aromatic N) is 1. The number of rotatable bonds is 11. The van der Waals surface area contributed by atoms with Gasteiger partial charge in [0.05, 0.1) is 18.2 Å². The minimum atomic E-state index is -4.16. The topological polar surface area (TPSA) is 113 Å². The maximum Gasteiger partial charge on any atom is 0.326 e. The molecule has 0 aromatic heterocycles. The van der Waals surface area contributed by atoms with Gasteiger partial charge in [0.25, 0.3) is 0 Å². The van der Waals surface area contributed by atoms with Gasteiger partial charge < -0.3 is 15.2 Å². The quantitative estimate of drug-likeness (QED) is 0.450. The first kappa shape index (κ1) is 26.6. The lowest BCUT2D eigenvalue weighted by atomic mass is 10.0. The van der Waals surface area contributed by atoms with Gasteiger partial charge in [0.2, 0.25) is 15.9 Å². The largest absolute Gasteiger partial charge is 0.494 e. The van der Waals surface area contributed by atoms with Gasteiger partial charge >= 0.3 is 5.97 Å². The third-order valence-corrected chi connectivity index (χ3v) is 7.59. The van der Waals surface area contributed by atoms with Crippen molar-refractivity contribution in [2.75, 3.05) is 19.8 Å². The van der Waals surface area contributed by atoms with Crippen molar-refractivity contribution in [1.29, 1.82) is 0 Å². The first-order valence-corrected chi connectivity index (χ1v) is 12.7. The molecule has 0 aliphatic carbocycles. The lowest BCUT2D eigenvalue weighted by Gasteiger charge is -2.34. The minimum absolute atomic E-state index is 0.0325. The number of hydrogen-bond acceptors (Lipinski definition) is 5. The van der Waals surface area contributed by atoms with E-state index in [4.69, 9.17) is 4.74 Å². The highest BCUT2D eigenvalue weighted by molar-refractivity contribution is 7.89. The van der Waals surface area contributed by atoms with E-state index in [1.165, 1.54) is 12.1 Å². The SMILES string of the molecule is O=C(N[C@@H](Cc1ccc(OCCCF)cc1)C(=O)O)C1CCCCN1S(=O)(=O)c1cccc(F)c1. The zero-order valence-corrected chi connectivity index (χ0v) is 19.8. The first-order valence-electron chi connectivity index (χ1n) is 11.3. The molecule has 190 valence electrons. The van der Waals surface area contributed by atoms with Crippen LogP contribution in [0.25, 0.3) is 0 Å². The number of amides is 1. The monoisotopic (exact) mass is 510 g/mol. The van der Waals surface area contributed by atoms with Gasteiger partial charge in [0.15, 0.2) is 0 Å². The Labute approximate surface area is 202 Å². The molecular formula is C24H28F2N2O6S. The number of sulfonamides is 1. The fourth-order valence-electron chi connectivity index (χ4n) is 3.89. The summed E-state index contributed by atoms with van der Waals surface area (Å²) in [5.41, 5.74) is 0.614. The average molecular weight is 511 g/mol. The Hall–Kier alpha value is -3.05. The number of carboxylic acids is 1. The average Bonchev–Trinajstić information content (AvgIpc) is 2.84. The van der Waals surface area contributed by atoms with Crippen LogP contribution in [0.5, 0.6) is 5.75 Å². The van der Waals surface area contributed by atoms with Crippen LogP contribution in [0.1, 0.15) is 31.2 Å². The van der Waals surface area contributed by atoms with Crippen LogP contribution in [0, 0.1) is 5.82 Å². The maximum atomic E-state index is 13.6. The fourth-order valence-corrected chi connectivity index (χ4v) is 5.58. The molecule has 1 aliphatic rings. The molecule has 0 bridgehead atoms. The van der Waals surface area contributed by atoms with Gasteiger partial charge in [0, 0.05) is 19.4 Å². The van der Waals surface area contributed by atoms with E-state index in [0.29, 0.717) is 24.2 Å². The Kier molecular flexibility index (Phi) is 9.16. The number of alkyl halides is 1. The lowest BCUT2D eigenvalue weighted by Crippen LogP contribution is -2.55. The second-order valence-electron chi connectivity index (χ2n) is 8.22. The van der Waals surface area contributed by atoms with Gasteiger partial charge in [-0.2, -0.15) is 4.31 Å². The summed E-state index contributed by atoms with van der Waals surface area (Å²) in [4.78, 5) is 24.6. The highest BCUT2D eigenvalue weighted by Gasteiger charge is 2.39. The summed E-state index contributed by atoms with van der Waals surface area (Å²) >= 11 is 0. The summed E-state index contributed by atoms with van der Waals surface area (Å²) in [6.45, 7) is -0.196. The van der Waals surface area contributed by atoms with E-state index >= 15 is 0 Å². The molecular weight excluding hydrogens is 482 g/mol. The minimum Gasteiger partial charge on any atom is -0.494 e. The van der Waals surface area contributed by atoms with Crippen LogP contribution in [-0.4, -0.2) is 61.6 Å². The van der Waals surface area contributed by atoms with Crippen molar-refractivity contribution in [3.63, 3.8) is 0 Å². The van der Waals surface area contributed by atoms with Crippen LogP contribution >= 0.6 is 0 Å². The molecule has 2 N–H and O–H groups in total. The van der Waals surface area contributed by atoms with Crippen LogP contribution < -0.4 is 10.1 Å². The highest BCUT2D eigenvalue weighted by atomic mass is 32.2. The molecule has 1 unspecified atom stereocenters. The van der Waals surface area contributed by atoms with Gasteiger partial charge in [-0.05, 0) is 48.7 Å². The van der Waals surface area contributed by atoms with Crippen molar-refractivity contribution in [2.24, 2.45) is 0 Å². The van der Waals surface area contributed by atoms with Gasteiger partial charge in [0.1, 0.15) is 23.7 Å². The van der Waals surface area contributed by atoms with Crippen molar-refractivity contribution >= 4 is 21.9 Å². The Balaban J connectivity index is 1.71. The molecule has 1 amide bonds. The molecule has 0 spiro atoms. The molecule has 1 heterocycles. The van der Waals surface area contributed by atoms with E-state index in [1.807, 2.05) is 0 Å². The third kappa shape index (κ3) is 6.98. The van der Waals surface area contributed by atoms with Crippen LogP contribution in [0.15, 0.2) is 53.4 Å². The van der Waals surface area contributed by atoms with Crippen molar-refractivity contribution in [1.82, 2.24) is 9.62 Å². The van der Waals surface area contributed by atoms with Crippen LogP contribution in [0.4, 0.5) is 8.78 Å². The predicted octanol–water partition coefficient (Wildman–Crippen LogP) is 2.92. The Morgan fingerprint density at radius 2 is 1.91 bits per heavy atom. The zero-order valence-electron chi connectivity index (χ0n) is 19.0. The summed E-state index contributed by atoms with van der Waals surface area (Å²) in [5, 5.41) is 12.1. The summed E-state index contributed by atoms with van der Waals surface area (Å²) in [7, 11) is -4.16. The summed E-state index contributed by atoms with van der Waals surface area (Å²) in [5.74, 6) is -2.19. The van der Waals surface area contributed by atoms with Gasteiger partial charge in [-0.1, -0.05) is 24.6 Å². The van der Waals surface area contributed by atoms with E-state index in [-0.39, 0.29) is 37.3 Å². The molecule has 3 rings (SSSR count). The molecule has 0 radical (unpaired) electrons. The highest BCUT2D eigenvalue weighted by Crippen LogP contribution is 2.26. The second kappa shape index (κ2) is 12.1. The molecule has 2 aromatic carbocycles. The van der Waals surface area contributed by atoms with Crippen LogP contribution in [-0.2, 0) is 26.0 Å². The summed E-state index contributed by atoms with van der Waals surface area (Å²) in [6.07, 6.45) is 1.57. The summed E-state index contributed by atoms with van der Waals surface area (Å²) < 4.78 is 58.5. The Bertz CT molecular complexity index is 1130. The molecule has 2 aromatic rings. The van der Waals surface area contributed by atoms with Crippen molar-refractivity contribution in [3.8, 4) is 5.75 Å². The van der Waals surface area contributed by atoms with E-state index in [1.54, 1.807) is 24.3 Å².